The number of carbonyl (C=O) groups is 3. The first-order chi connectivity index (χ1) is 29.5. The monoisotopic (exact) mass is 917 g/mol. The predicted octanol–water partition coefficient (Wildman–Crippen LogP) is -7.11. The average molecular weight is 918 g/mol. The van der Waals surface area contributed by atoms with Gasteiger partial charge in [0.1, 0.15) is 67.1 Å². The molecule has 63 heavy (non-hydrogen) atoms. The van der Waals surface area contributed by atoms with E-state index in [1.165, 1.54) is 13.8 Å². The Kier molecular flexibility index (Phi) is 19.4. The number of aliphatic hydroxyl groups is 11. The summed E-state index contributed by atoms with van der Waals surface area (Å²) < 4.78 is 47.2. The largest absolute Gasteiger partial charge is 0.410 e. The van der Waals surface area contributed by atoms with Crippen LogP contribution in [0.3, 0.4) is 0 Å². The molecule has 0 aliphatic carbocycles. The Morgan fingerprint density at radius 1 is 0.810 bits per heavy atom. The van der Waals surface area contributed by atoms with Gasteiger partial charge in [-0.2, -0.15) is 0 Å². The lowest BCUT2D eigenvalue weighted by molar-refractivity contribution is -0.444. The van der Waals surface area contributed by atoms with Gasteiger partial charge in [-0.25, -0.2) is 0 Å². The number of amides is 2. The van der Waals surface area contributed by atoms with Crippen LogP contribution in [0, 0.1) is 5.92 Å². The first-order valence-corrected chi connectivity index (χ1v) is 20.8. The van der Waals surface area contributed by atoms with Gasteiger partial charge in [0.05, 0.1) is 69.3 Å². The number of carbonyl (C=O) groups excluding carboxylic acids is 3. The number of ether oxygens (including phenoxy) is 8. The molecule has 0 spiro atoms. The van der Waals surface area contributed by atoms with Crippen LogP contribution in [0.15, 0.2) is 0 Å². The molecule has 4 fully saturated rings. The number of hydrogen-bond donors (Lipinski definition) is 14. The van der Waals surface area contributed by atoms with Crippen LogP contribution >= 0.6 is 0 Å². The van der Waals surface area contributed by atoms with Gasteiger partial charge in [0.2, 0.25) is 11.8 Å². The third kappa shape index (κ3) is 13.2. The van der Waals surface area contributed by atoms with E-state index in [9.17, 15) is 70.6 Å². The molecular formula is C38H67N3O22. The molecule has 0 bridgehead atoms. The van der Waals surface area contributed by atoms with Crippen LogP contribution in [0.1, 0.15) is 54.4 Å². The van der Waals surface area contributed by atoms with Crippen molar-refractivity contribution in [2.75, 3.05) is 33.0 Å². The summed E-state index contributed by atoms with van der Waals surface area (Å²) in [5.41, 5.74) is -0.301. The summed E-state index contributed by atoms with van der Waals surface area (Å²) in [6.45, 7) is 6.89. The standard InChI is InChI=1S/C38H67N3O22/c1-15-26(50)30(54)28(52)21(58-15)9-18-24(40-16(2)46)35(56-8-7-39-37(4,5)6)60-23(13-44)32(18)61-36-31(55)34(29(53)22(12-43)59-36)63-38(57-14-45)10-19(48)25(41-17(3)47)33(62-38)27(51)20(49)11-42/h14-15,18-36,39,42-44,48-55H,7-13H2,1-6H3,(H,40,46)(H,41,47)/t15?,18-,19-,20-,21+,22?,23?,24?,25-,26-,27-,28?,29+,30+,31?,32+,33?,34+,35-,36+,38+/m1/s1. The fraction of sp³-hybridized carbons (Fsp3) is 0.921. The first kappa shape index (κ1) is 53.3. The van der Waals surface area contributed by atoms with Gasteiger partial charge in [-0.1, -0.05) is 0 Å². The van der Waals surface area contributed by atoms with E-state index in [2.05, 4.69) is 16.0 Å². The average Bonchev–Trinajstić information content (AvgIpc) is 3.21. The van der Waals surface area contributed by atoms with E-state index in [1.54, 1.807) is 0 Å². The van der Waals surface area contributed by atoms with E-state index in [4.69, 9.17) is 37.9 Å². The third-order valence-corrected chi connectivity index (χ3v) is 11.4. The molecule has 4 aliphatic heterocycles. The van der Waals surface area contributed by atoms with Crippen LogP contribution in [-0.2, 0) is 52.3 Å². The number of rotatable bonds is 19. The van der Waals surface area contributed by atoms with Crippen molar-refractivity contribution in [3.63, 3.8) is 0 Å². The van der Waals surface area contributed by atoms with Gasteiger partial charge in [-0.3, -0.25) is 14.4 Å². The fourth-order valence-electron chi connectivity index (χ4n) is 8.26. The maximum atomic E-state index is 12.8. The molecule has 0 aromatic rings. The molecule has 4 heterocycles. The lowest BCUT2D eigenvalue weighted by atomic mass is 9.79. The smallest absolute Gasteiger partial charge is 0.332 e. The van der Waals surface area contributed by atoms with Gasteiger partial charge in [-0.05, 0) is 34.1 Å². The van der Waals surface area contributed by atoms with Gasteiger partial charge >= 0.3 is 5.97 Å². The molecule has 4 rings (SSSR count). The molecular weight excluding hydrogens is 850 g/mol. The molecule has 7 unspecified atom stereocenters. The van der Waals surface area contributed by atoms with Crippen LogP contribution in [0.4, 0.5) is 0 Å². The minimum absolute atomic E-state index is 0.0300. The zero-order valence-electron chi connectivity index (χ0n) is 36.0. The minimum Gasteiger partial charge on any atom is -0.410 e. The first-order valence-electron chi connectivity index (χ1n) is 20.8. The van der Waals surface area contributed by atoms with E-state index >= 15 is 0 Å². The highest BCUT2D eigenvalue weighted by Crippen LogP contribution is 2.41. The number of hydrogen-bond acceptors (Lipinski definition) is 23. The molecule has 4 aliphatic rings. The Balaban J connectivity index is 1.73. The summed E-state index contributed by atoms with van der Waals surface area (Å²) in [6, 6.07) is -2.68. The van der Waals surface area contributed by atoms with Crippen LogP contribution in [-0.4, -0.2) is 235 Å². The van der Waals surface area contributed by atoms with Gasteiger partial charge in [0.25, 0.3) is 6.47 Å². The maximum Gasteiger partial charge on any atom is 0.332 e. The van der Waals surface area contributed by atoms with Gasteiger partial charge in [0, 0.05) is 31.8 Å². The minimum atomic E-state index is -2.82. The summed E-state index contributed by atoms with van der Waals surface area (Å²) in [4.78, 5) is 36.7. The second-order valence-corrected chi connectivity index (χ2v) is 17.4. The van der Waals surface area contributed by atoms with E-state index in [0.29, 0.717) is 6.54 Å². The second-order valence-electron chi connectivity index (χ2n) is 17.4. The lowest BCUT2D eigenvalue weighted by Gasteiger charge is -2.52. The molecule has 25 nitrogen and oxygen atoms in total. The summed E-state index contributed by atoms with van der Waals surface area (Å²) >= 11 is 0. The molecule has 0 aromatic heterocycles. The molecule has 25 heteroatoms. The molecule has 366 valence electrons. The predicted molar refractivity (Wildman–Crippen MR) is 207 cm³/mol. The van der Waals surface area contributed by atoms with Crippen LogP contribution in [0.25, 0.3) is 0 Å². The highest BCUT2D eigenvalue weighted by Gasteiger charge is 2.59. The zero-order chi connectivity index (χ0) is 47.1. The molecule has 14 N–H and O–H groups in total. The van der Waals surface area contributed by atoms with Gasteiger partial charge in [-0.15, -0.1) is 0 Å². The van der Waals surface area contributed by atoms with Gasteiger partial charge < -0.3 is 110 Å². The van der Waals surface area contributed by atoms with Crippen LogP contribution in [0.5, 0.6) is 0 Å². The van der Waals surface area contributed by atoms with Crippen molar-refractivity contribution in [3.8, 4) is 0 Å². The maximum absolute atomic E-state index is 12.8. The van der Waals surface area contributed by atoms with Crippen molar-refractivity contribution in [2.24, 2.45) is 5.92 Å². The van der Waals surface area contributed by atoms with Crippen LogP contribution < -0.4 is 16.0 Å². The van der Waals surface area contributed by atoms with Crippen LogP contribution in [0.2, 0.25) is 0 Å². The molecule has 0 aromatic carbocycles. The van der Waals surface area contributed by atoms with Crippen molar-refractivity contribution < 1.29 is 108 Å². The molecule has 4 saturated heterocycles. The summed E-state index contributed by atoms with van der Waals surface area (Å²) in [6.07, 6.45) is -29.9. The second kappa shape index (κ2) is 22.9. The summed E-state index contributed by atoms with van der Waals surface area (Å²) in [7, 11) is 0. The van der Waals surface area contributed by atoms with Crippen molar-refractivity contribution in [1.82, 2.24) is 16.0 Å². The summed E-state index contributed by atoms with van der Waals surface area (Å²) in [5.74, 6) is -5.26. The fourth-order valence-corrected chi connectivity index (χ4v) is 8.26. The molecule has 21 atom stereocenters. The Labute approximate surface area is 363 Å². The van der Waals surface area contributed by atoms with Crippen molar-refractivity contribution >= 4 is 18.3 Å². The topological polar surface area (TPSA) is 384 Å². The number of nitrogens with one attached hydrogen (secondary N) is 3. The Morgan fingerprint density at radius 3 is 2.00 bits per heavy atom. The van der Waals surface area contributed by atoms with E-state index in [1.807, 2.05) is 20.8 Å². The van der Waals surface area contributed by atoms with Crippen molar-refractivity contribution in [2.45, 2.75) is 182 Å². The van der Waals surface area contributed by atoms with E-state index in [0.717, 1.165) is 6.92 Å². The quantitative estimate of drug-likeness (QED) is 0.0325. The molecule has 0 saturated carbocycles. The van der Waals surface area contributed by atoms with Crippen molar-refractivity contribution in [1.29, 1.82) is 0 Å². The van der Waals surface area contributed by atoms with Gasteiger partial charge in [0.15, 0.2) is 12.6 Å². The Morgan fingerprint density at radius 2 is 1.43 bits per heavy atom. The number of aliphatic hydroxyl groups excluding tert-OH is 11. The zero-order valence-corrected chi connectivity index (χ0v) is 36.0. The normalized spacial score (nSPS) is 42.2. The molecule has 2 amide bonds. The lowest BCUT2D eigenvalue weighted by Crippen LogP contribution is -2.70. The highest BCUT2D eigenvalue weighted by molar-refractivity contribution is 5.73. The van der Waals surface area contributed by atoms with E-state index in [-0.39, 0.29) is 25.0 Å². The summed E-state index contributed by atoms with van der Waals surface area (Å²) in [5, 5.41) is 127. The van der Waals surface area contributed by atoms with Crippen molar-refractivity contribution in [3.05, 3.63) is 0 Å². The Hall–Kier alpha value is -2.35. The highest BCUT2D eigenvalue weighted by atomic mass is 16.9. The third-order valence-electron chi connectivity index (χ3n) is 11.4. The Bertz CT molecular complexity index is 1460. The van der Waals surface area contributed by atoms with E-state index < -0.39 is 166 Å². The SMILES string of the molecule is CC(=O)NC1[C@H](OCCNC(C)(C)C)OC(CO)[C@@H](O[C@@H]2OC(CO)[C@H](O)[C@H](O[C@]3(OC=O)C[C@@H](O)[C@@H](NC(C)=O)C([C@H](O)[C@H](O)CO)O3)C2O)[C@@H]1C[C@@H]1OC(C)[C@@H](O)[C@H](O)C1O. The molecule has 0 radical (unpaired) electrons.